The number of aliphatic hydroxyl groups is 1. The zero-order valence-electron chi connectivity index (χ0n) is 12.4. The van der Waals surface area contributed by atoms with Crippen molar-refractivity contribution in [2.24, 2.45) is 11.8 Å². The predicted molar refractivity (Wildman–Crippen MR) is 80.1 cm³/mol. The van der Waals surface area contributed by atoms with E-state index in [0.717, 1.165) is 18.9 Å². The first-order valence-electron chi connectivity index (χ1n) is 7.55. The van der Waals surface area contributed by atoms with Crippen LogP contribution in [-0.2, 0) is 0 Å². The van der Waals surface area contributed by atoms with Gasteiger partial charge in [0.15, 0.2) is 0 Å². The lowest BCUT2D eigenvalue weighted by Gasteiger charge is -2.23. The van der Waals surface area contributed by atoms with Gasteiger partial charge in [-0.15, -0.1) is 0 Å². The normalized spacial score (nSPS) is 20.0. The summed E-state index contributed by atoms with van der Waals surface area (Å²) >= 11 is 0. The third-order valence-electron chi connectivity index (χ3n) is 4.05. The summed E-state index contributed by atoms with van der Waals surface area (Å²) in [7, 11) is 0. The molecule has 19 heavy (non-hydrogen) atoms. The second kappa shape index (κ2) is 6.53. The number of aryl methyl sites for hydroxylation is 1. The van der Waals surface area contributed by atoms with Gasteiger partial charge in [-0.1, -0.05) is 31.2 Å². The molecule has 2 nitrogen and oxygen atoms in total. The summed E-state index contributed by atoms with van der Waals surface area (Å²) in [6, 6.07) is 9.20. The van der Waals surface area contributed by atoms with Crippen molar-refractivity contribution >= 4 is 0 Å². The van der Waals surface area contributed by atoms with Crippen LogP contribution in [0.3, 0.4) is 0 Å². The van der Waals surface area contributed by atoms with Crippen LogP contribution in [0.25, 0.3) is 0 Å². The van der Waals surface area contributed by atoms with Crippen LogP contribution < -0.4 is 5.32 Å². The van der Waals surface area contributed by atoms with Crippen LogP contribution in [0.15, 0.2) is 24.3 Å². The van der Waals surface area contributed by atoms with E-state index in [1.165, 1.54) is 24.0 Å². The smallest absolute Gasteiger partial charge is 0.0515 e. The molecule has 1 aromatic rings. The van der Waals surface area contributed by atoms with Gasteiger partial charge < -0.3 is 10.4 Å². The minimum absolute atomic E-state index is 0.199. The van der Waals surface area contributed by atoms with Crippen molar-refractivity contribution in [3.05, 3.63) is 35.4 Å². The topological polar surface area (TPSA) is 32.3 Å². The summed E-state index contributed by atoms with van der Waals surface area (Å²) in [6.45, 7) is 7.27. The molecular weight excluding hydrogens is 234 g/mol. The Hall–Kier alpha value is -0.860. The Morgan fingerprint density at radius 3 is 2.53 bits per heavy atom. The Bertz CT molecular complexity index is 398. The molecule has 1 fully saturated rings. The summed E-state index contributed by atoms with van der Waals surface area (Å²) < 4.78 is 0. The maximum Gasteiger partial charge on any atom is 0.0515 e. The standard InChI is InChI=1S/C17H27NO/c1-12(10-14(3)19)11-18-17(15-8-9-15)16-7-5-4-6-13(16)2/h4-7,12,14-15,17-19H,8-11H2,1-3H3. The quantitative estimate of drug-likeness (QED) is 0.788. The Kier molecular flexibility index (Phi) is 5.00. The molecule has 1 aliphatic carbocycles. The molecule has 1 saturated carbocycles. The van der Waals surface area contributed by atoms with E-state index in [1.54, 1.807) is 0 Å². The molecule has 3 unspecified atom stereocenters. The van der Waals surface area contributed by atoms with Crippen molar-refractivity contribution in [2.45, 2.75) is 52.2 Å². The SMILES string of the molecule is Cc1ccccc1C(NCC(C)CC(C)O)C1CC1. The summed E-state index contributed by atoms with van der Waals surface area (Å²) in [5.74, 6) is 1.32. The zero-order chi connectivity index (χ0) is 13.8. The molecule has 0 aromatic heterocycles. The third-order valence-corrected chi connectivity index (χ3v) is 4.05. The Balaban J connectivity index is 1.96. The van der Waals surface area contributed by atoms with Crippen LogP contribution in [0.1, 0.15) is 50.3 Å². The first-order chi connectivity index (χ1) is 9.08. The second-order valence-electron chi connectivity index (χ2n) is 6.27. The van der Waals surface area contributed by atoms with Crippen LogP contribution in [0.2, 0.25) is 0 Å². The van der Waals surface area contributed by atoms with E-state index in [4.69, 9.17) is 0 Å². The highest BCUT2D eigenvalue weighted by atomic mass is 16.3. The van der Waals surface area contributed by atoms with Crippen molar-refractivity contribution in [2.75, 3.05) is 6.54 Å². The number of aliphatic hydroxyl groups excluding tert-OH is 1. The average molecular weight is 261 g/mol. The van der Waals surface area contributed by atoms with E-state index < -0.39 is 0 Å². The number of hydrogen-bond acceptors (Lipinski definition) is 2. The van der Waals surface area contributed by atoms with Gasteiger partial charge in [0.2, 0.25) is 0 Å². The molecule has 0 saturated heterocycles. The highest BCUT2D eigenvalue weighted by Gasteiger charge is 2.32. The minimum atomic E-state index is -0.199. The number of hydrogen-bond donors (Lipinski definition) is 2. The molecule has 0 heterocycles. The zero-order valence-corrected chi connectivity index (χ0v) is 12.4. The summed E-state index contributed by atoms with van der Waals surface area (Å²) in [5, 5.41) is 13.2. The van der Waals surface area contributed by atoms with Gasteiger partial charge in [-0.05, 0) is 62.6 Å². The molecule has 2 N–H and O–H groups in total. The first-order valence-corrected chi connectivity index (χ1v) is 7.55. The lowest BCUT2D eigenvalue weighted by molar-refractivity contribution is 0.162. The van der Waals surface area contributed by atoms with E-state index in [2.05, 4.69) is 43.4 Å². The largest absolute Gasteiger partial charge is 0.393 e. The summed E-state index contributed by atoms with van der Waals surface area (Å²) in [5.41, 5.74) is 2.84. The van der Waals surface area contributed by atoms with Crippen LogP contribution in [0.5, 0.6) is 0 Å². The molecule has 106 valence electrons. The van der Waals surface area contributed by atoms with Crippen molar-refractivity contribution in [1.29, 1.82) is 0 Å². The number of nitrogens with one attached hydrogen (secondary N) is 1. The molecular formula is C17H27NO. The van der Waals surface area contributed by atoms with Gasteiger partial charge in [0.05, 0.1) is 6.10 Å². The Morgan fingerprint density at radius 1 is 1.26 bits per heavy atom. The van der Waals surface area contributed by atoms with Crippen molar-refractivity contribution in [1.82, 2.24) is 5.32 Å². The van der Waals surface area contributed by atoms with Crippen LogP contribution >= 0.6 is 0 Å². The summed E-state index contributed by atoms with van der Waals surface area (Å²) in [4.78, 5) is 0. The fraction of sp³-hybridized carbons (Fsp3) is 0.647. The molecule has 2 heteroatoms. The molecule has 2 rings (SSSR count). The van der Waals surface area contributed by atoms with Crippen LogP contribution in [0.4, 0.5) is 0 Å². The first kappa shape index (κ1) is 14.5. The van der Waals surface area contributed by atoms with Crippen molar-refractivity contribution in [3.8, 4) is 0 Å². The molecule has 0 amide bonds. The highest BCUT2D eigenvalue weighted by Crippen LogP contribution is 2.41. The van der Waals surface area contributed by atoms with Crippen LogP contribution in [0, 0.1) is 18.8 Å². The molecule has 1 aromatic carbocycles. The highest BCUT2D eigenvalue weighted by molar-refractivity contribution is 5.30. The van der Waals surface area contributed by atoms with E-state index in [0.29, 0.717) is 12.0 Å². The van der Waals surface area contributed by atoms with Crippen LogP contribution in [-0.4, -0.2) is 17.8 Å². The number of benzene rings is 1. The molecule has 1 aliphatic rings. The molecule has 0 spiro atoms. The Morgan fingerprint density at radius 2 is 1.95 bits per heavy atom. The van der Waals surface area contributed by atoms with Gasteiger partial charge in [0.1, 0.15) is 0 Å². The molecule has 3 atom stereocenters. The molecule has 0 bridgehead atoms. The van der Waals surface area contributed by atoms with Gasteiger partial charge in [-0.3, -0.25) is 0 Å². The maximum atomic E-state index is 9.44. The summed E-state index contributed by atoms with van der Waals surface area (Å²) in [6.07, 6.45) is 3.36. The second-order valence-corrected chi connectivity index (χ2v) is 6.27. The van der Waals surface area contributed by atoms with Gasteiger partial charge in [-0.2, -0.15) is 0 Å². The van der Waals surface area contributed by atoms with Crippen molar-refractivity contribution in [3.63, 3.8) is 0 Å². The van der Waals surface area contributed by atoms with E-state index >= 15 is 0 Å². The van der Waals surface area contributed by atoms with Gasteiger partial charge >= 0.3 is 0 Å². The molecule has 0 radical (unpaired) electrons. The maximum absolute atomic E-state index is 9.44. The van der Waals surface area contributed by atoms with E-state index in [1.807, 2.05) is 6.92 Å². The molecule has 0 aliphatic heterocycles. The van der Waals surface area contributed by atoms with E-state index in [-0.39, 0.29) is 6.10 Å². The lowest BCUT2D eigenvalue weighted by Crippen LogP contribution is -2.29. The fourth-order valence-electron chi connectivity index (χ4n) is 2.89. The lowest BCUT2D eigenvalue weighted by atomic mass is 9.96. The van der Waals surface area contributed by atoms with Gasteiger partial charge in [-0.25, -0.2) is 0 Å². The predicted octanol–water partition coefficient (Wildman–Crippen LogP) is 3.44. The van der Waals surface area contributed by atoms with Gasteiger partial charge in [0.25, 0.3) is 0 Å². The van der Waals surface area contributed by atoms with E-state index in [9.17, 15) is 5.11 Å². The Labute approximate surface area is 117 Å². The van der Waals surface area contributed by atoms with Crippen molar-refractivity contribution < 1.29 is 5.11 Å². The van der Waals surface area contributed by atoms with Gasteiger partial charge in [0, 0.05) is 6.04 Å². The fourth-order valence-corrected chi connectivity index (χ4v) is 2.89. The number of rotatable bonds is 7. The average Bonchev–Trinajstić information content (AvgIpc) is 3.15. The minimum Gasteiger partial charge on any atom is -0.393 e. The third kappa shape index (κ3) is 4.32. The monoisotopic (exact) mass is 261 g/mol.